The van der Waals surface area contributed by atoms with Gasteiger partial charge in [-0.25, -0.2) is 8.42 Å². The van der Waals surface area contributed by atoms with Crippen molar-refractivity contribution in [3.63, 3.8) is 0 Å². The standard InChI is InChI=1S/C12H12F3NO5S2/c1-9-6-7-16(8-9)22(17,18)11-5-3-2-4-10(11)21-23(19,20)12(13,14)15/h2-6H,7-8H2,1H3. The van der Waals surface area contributed by atoms with Crippen LogP contribution in [0.4, 0.5) is 13.2 Å². The van der Waals surface area contributed by atoms with Crippen molar-refractivity contribution in [3.8, 4) is 5.75 Å². The van der Waals surface area contributed by atoms with Gasteiger partial charge in [0.2, 0.25) is 10.0 Å². The number of nitrogens with zero attached hydrogens (tertiary/aromatic N) is 1. The number of hydrogen-bond donors (Lipinski definition) is 0. The molecule has 128 valence electrons. The maximum absolute atomic E-state index is 12.5. The summed E-state index contributed by atoms with van der Waals surface area (Å²) in [7, 11) is -10.2. The molecule has 0 aliphatic carbocycles. The third-order valence-corrected chi connectivity index (χ3v) is 5.84. The Labute approximate surface area is 131 Å². The van der Waals surface area contributed by atoms with Crippen LogP contribution in [0.3, 0.4) is 0 Å². The summed E-state index contributed by atoms with van der Waals surface area (Å²) in [5, 5.41) is 0. The maximum atomic E-state index is 12.5. The van der Waals surface area contributed by atoms with Gasteiger partial charge in [0.15, 0.2) is 5.75 Å². The molecule has 1 aromatic carbocycles. The molecule has 2 rings (SSSR count). The lowest BCUT2D eigenvalue weighted by molar-refractivity contribution is -0.0500. The van der Waals surface area contributed by atoms with E-state index in [-0.39, 0.29) is 13.1 Å². The molecule has 0 amide bonds. The Bertz CT molecular complexity index is 844. The van der Waals surface area contributed by atoms with Crippen molar-refractivity contribution in [2.45, 2.75) is 17.3 Å². The van der Waals surface area contributed by atoms with Crippen molar-refractivity contribution in [1.29, 1.82) is 0 Å². The van der Waals surface area contributed by atoms with Crippen LogP contribution in [0.2, 0.25) is 0 Å². The average Bonchev–Trinajstić information content (AvgIpc) is 2.85. The molecule has 0 saturated carbocycles. The maximum Gasteiger partial charge on any atom is 0.534 e. The first-order chi connectivity index (χ1) is 10.4. The highest BCUT2D eigenvalue weighted by atomic mass is 32.2. The molecule has 23 heavy (non-hydrogen) atoms. The van der Waals surface area contributed by atoms with Gasteiger partial charge in [-0.2, -0.15) is 25.9 Å². The third-order valence-electron chi connectivity index (χ3n) is 3.02. The van der Waals surface area contributed by atoms with Crippen LogP contribution >= 0.6 is 0 Å². The minimum Gasteiger partial charge on any atom is -0.375 e. The Morgan fingerprint density at radius 1 is 1.13 bits per heavy atom. The Morgan fingerprint density at radius 3 is 2.26 bits per heavy atom. The summed E-state index contributed by atoms with van der Waals surface area (Å²) in [6.45, 7) is 1.82. The molecular weight excluding hydrogens is 359 g/mol. The zero-order valence-corrected chi connectivity index (χ0v) is 13.4. The Balaban J connectivity index is 2.43. The summed E-state index contributed by atoms with van der Waals surface area (Å²) >= 11 is 0. The van der Waals surface area contributed by atoms with E-state index < -0.39 is 36.3 Å². The van der Waals surface area contributed by atoms with Gasteiger partial charge in [0.25, 0.3) is 0 Å². The molecule has 1 heterocycles. The first-order valence-corrected chi connectivity index (χ1v) is 9.05. The average molecular weight is 371 g/mol. The summed E-state index contributed by atoms with van der Waals surface area (Å²) in [4.78, 5) is -0.643. The normalized spacial score (nSPS) is 17.1. The molecule has 6 nitrogen and oxygen atoms in total. The van der Waals surface area contributed by atoms with E-state index in [2.05, 4.69) is 4.18 Å². The number of rotatable bonds is 4. The van der Waals surface area contributed by atoms with E-state index >= 15 is 0 Å². The fraction of sp³-hybridized carbons (Fsp3) is 0.333. The van der Waals surface area contributed by atoms with Crippen molar-refractivity contribution in [1.82, 2.24) is 4.31 Å². The summed E-state index contributed by atoms with van der Waals surface area (Å²) in [5.74, 6) is -0.894. The highest BCUT2D eigenvalue weighted by Crippen LogP contribution is 2.33. The zero-order chi connectivity index (χ0) is 17.5. The molecule has 0 radical (unpaired) electrons. The molecule has 0 saturated heterocycles. The van der Waals surface area contributed by atoms with E-state index in [1.54, 1.807) is 13.0 Å². The molecule has 1 aromatic rings. The smallest absolute Gasteiger partial charge is 0.375 e. The van der Waals surface area contributed by atoms with Gasteiger partial charge in [-0.05, 0) is 19.1 Å². The van der Waals surface area contributed by atoms with E-state index in [0.29, 0.717) is 0 Å². The van der Waals surface area contributed by atoms with Gasteiger partial charge in [-0.3, -0.25) is 0 Å². The van der Waals surface area contributed by atoms with Crippen LogP contribution in [0, 0.1) is 0 Å². The van der Waals surface area contributed by atoms with Crippen molar-refractivity contribution in [2.24, 2.45) is 0 Å². The lowest BCUT2D eigenvalue weighted by atomic mass is 10.3. The summed E-state index contributed by atoms with van der Waals surface area (Å²) in [6, 6.07) is 4.28. The summed E-state index contributed by atoms with van der Waals surface area (Å²) in [5.41, 5.74) is -4.88. The van der Waals surface area contributed by atoms with E-state index in [4.69, 9.17) is 0 Å². The van der Waals surface area contributed by atoms with Gasteiger partial charge in [0, 0.05) is 13.1 Å². The second-order valence-electron chi connectivity index (χ2n) is 4.78. The molecule has 0 unspecified atom stereocenters. The molecule has 0 atom stereocenters. The molecule has 1 aliphatic heterocycles. The number of halogens is 3. The van der Waals surface area contributed by atoms with Crippen LogP contribution < -0.4 is 4.18 Å². The highest BCUT2D eigenvalue weighted by Gasteiger charge is 2.49. The van der Waals surface area contributed by atoms with Crippen LogP contribution in [-0.2, 0) is 20.1 Å². The molecule has 0 N–H and O–H groups in total. The molecule has 0 fully saturated rings. The number of para-hydroxylation sites is 1. The predicted octanol–water partition coefficient (Wildman–Crippen LogP) is 1.87. The van der Waals surface area contributed by atoms with Gasteiger partial charge >= 0.3 is 15.6 Å². The number of hydrogen-bond acceptors (Lipinski definition) is 5. The lowest BCUT2D eigenvalue weighted by Gasteiger charge is -2.18. The first-order valence-electron chi connectivity index (χ1n) is 6.21. The zero-order valence-electron chi connectivity index (χ0n) is 11.7. The predicted molar refractivity (Wildman–Crippen MR) is 74.6 cm³/mol. The van der Waals surface area contributed by atoms with Crippen LogP contribution in [-0.4, -0.2) is 39.7 Å². The Kier molecular flexibility index (Phi) is 4.48. The van der Waals surface area contributed by atoms with Gasteiger partial charge < -0.3 is 4.18 Å². The summed E-state index contributed by atoms with van der Waals surface area (Å²) in [6.07, 6.45) is 1.65. The Morgan fingerprint density at radius 2 is 1.74 bits per heavy atom. The Hall–Kier alpha value is -1.59. The minimum absolute atomic E-state index is 0.0501. The highest BCUT2D eigenvalue weighted by molar-refractivity contribution is 7.89. The van der Waals surface area contributed by atoms with E-state index in [9.17, 15) is 30.0 Å². The molecule has 0 aromatic heterocycles. The van der Waals surface area contributed by atoms with Crippen LogP contribution in [0.1, 0.15) is 6.92 Å². The van der Waals surface area contributed by atoms with Crippen molar-refractivity contribution >= 4 is 20.1 Å². The van der Waals surface area contributed by atoms with Crippen LogP contribution in [0.15, 0.2) is 40.8 Å². The number of sulfonamides is 1. The SMILES string of the molecule is CC1=CCN(S(=O)(=O)c2ccccc2OS(=O)(=O)C(F)(F)F)C1. The largest absolute Gasteiger partial charge is 0.534 e. The monoisotopic (exact) mass is 371 g/mol. The third kappa shape index (κ3) is 3.51. The molecule has 1 aliphatic rings. The van der Waals surface area contributed by atoms with Crippen LogP contribution in [0.25, 0.3) is 0 Å². The first kappa shape index (κ1) is 17.8. The van der Waals surface area contributed by atoms with Crippen LogP contribution in [0.5, 0.6) is 5.75 Å². The van der Waals surface area contributed by atoms with Gasteiger partial charge in [0.05, 0.1) is 0 Å². The number of alkyl halides is 3. The summed E-state index contributed by atoms with van der Waals surface area (Å²) < 4.78 is 89.4. The van der Waals surface area contributed by atoms with E-state index in [0.717, 1.165) is 22.0 Å². The van der Waals surface area contributed by atoms with Gasteiger partial charge in [-0.15, -0.1) is 0 Å². The van der Waals surface area contributed by atoms with Crippen molar-refractivity contribution in [3.05, 3.63) is 35.9 Å². The number of benzene rings is 1. The van der Waals surface area contributed by atoms with Gasteiger partial charge in [0.1, 0.15) is 4.90 Å². The van der Waals surface area contributed by atoms with Crippen molar-refractivity contribution in [2.75, 3.05) is 13.1 Å². The molecular formula is C12H12F3NO5S2. The topological polar surface area (TPSA) is 80.8 Å². The molecule has 0 bridgehead atoms. The van der Waals surface area contributed by atoms with E-state index in [1.807, 2.05) is 0 Å². The molecule has 11 heteroatoms. The fourth-order valence-corrected chi connectivity index (χ4v) is 3.95. The quantitative estimate of drug-likeness (QED) is 0.459. The van der Waals surface area contributed by atoms with E-state index in [1.165, 1.54) is 12.1 Å². The fourth-order valence-electron chi connectivity index (χ4n) is 1.88. The lowest BCUT2D eigenvalue weighted by Crippen LogP contribution is -2.31. The molecule has 0 spiro atoms. The second kappa shape index (κ2) is 5.80. The van der Waals surface area contributed by atoms with Crippen molar-refractivity contribution < 1.29 is 34.2 Å². The second-order valence-corrected chi connectivity index (χ2v) is 8.22. The van der Waals surface area contributed by atoms with Gasteiger partial charge in [-0.1, -0.05) is 23.8 Å². The minimum atomic E-state index is -5.96.